The van der Waals surface area contributed by atoms with Gasteiger partial charge in [0.1, 0.15) is 5.82 Å². The largest absolute Gasteiger partial charge is 0.395 e. The van der Waals surface area contributed by atoms with Crippen LogP contribution in [0.25, 0.3) is 0 Å². The molecule has 0 radical (unpaired) electrons. The lowest BCUT2D eigenvalue weighted by Gasteiger charge is -2.24. The number of hydrogen-bond donors (Lipinski definition) is 2. The number of nitrogens with zero attached hydrogens (tertiary/aromatic N) is 1. The molecule has 1 aromatic rings. The summed E-state index contributed by atoms with van der Waals surface area (Å²) in [7, 11) is 1.97. The lowest BCUT2D eigenvalue weighted by molar-refractivity contribution is 0.229. The Morgan fingerprint density at radius 2 is 1.89 bits per heavy atom. The average molecular weight is 254 g/mol. The second-order valence-corrected chi connectivity index (χ2v) is 4.89. The van der Waals surface area contributed by atoms with Crippen LogP contribution >= 0.6 is 0 Å². The normalized spacial score (nSPS) is 12.8. The molecule has 0 amide bonds. The molecular formula is C14H23FN2O. The first-order valence-corrected chi connectivity index (χ1v) is 6.36. The summed E-state index contributed by atoms with van der Waals surface area (Å²) in [5.41, 5.74) is 0.984. The standard InChI is InChI=1S/C14H23FN2O/c1-11(2)16-13(10-18)8-9-17(3)14-6-4-12(15)5-7-14/h4-7,11,13,16,18H,8-10H2,1-3H3. The number of aliphatic hydroxyl groups is 1. The zero-order valence-electron chi connectivity index (χ0n) is 11.4. The van der Waals surface area contributed by atoms with E-state index in [2.05, 4.69) is 24.1 Å². The topological polar surface area (TPSA) is 35.5 Å². The molecule has 0 aliphatic heterocycles. The third-order valence-electron chi connectivity index (χ3n) is 2.87. The number of halogens is 1. The van der Waals surface area contributed by atoms with Crippen molar-refractivity contribution in [2.75, 3.05) is 25.1 Å². The molecular weight excluding hydrogens is 231 g/mol. The van der Waals surface area contributed by atoms with E-state index < -0.39 is 0 Å². The number of rotatable bonds is 7. The van der Waals surface area contributed by atoms with Crippen molar-refractivity contribution < 1.29 is 9.50 Å². The summed E-state index contributed by atoms with van der Waals surface area (Å²) in [6.07, 6.45) is 0.850. The minimum atomic E-state index is -0.221. The van der Waals surface area contributed by atoms with Gasteiger partial charge in [-0.15, -0.1) is 0 Å². The molecule has 18 heavy (non-hydrogen) atoms. The summed E-state index contributed by atoms with van der Waals surface area (Å²) in [6.45, 7) is 5.07. The fraction of sp³-hybridized carbons (Fsp3) is 0.571. The van der Waals surface area contributed by atoms with E-state index in [4.69, 9.17) is 0 Å². The van der Waals surface area contributed by atoms with Gasteiger partial charge < -0.3 is 15.3 Å². The predicted molar refractivity (Wildman–Crippen MR) is 73.4 cm³/mol. The van der Waals surface area contributed by atoms with Gasteiger partial charge in [-0.2, -0.15) is 0 Å². The van der Waals surface area contributed by atoms with Crippen LogP contribution in [-0.2, 0) is 0 Å². The third kappa shape index (κ3) is 5.02. The number of benzene rings is 1. The van der Waals surface area contributed by atoms with Crippen LogP contribution in [0.2, 0.25) is 0 Å². The Balaban J connectivity index is 2.44. The van der Waals surface area contributed by atoms with Gasteiger partial charge in [0, 0.05) is 31.4 Å². The van der Waals surface area contributed by atoms with Gasteiger partial charge in [-0.3, -0.25) is 0 Å². The van der Waals surface area contributed by atoms with Gasteiger partial charge in [0.15, 0.2) is 0 Å². The van der Waals surface area contributed by atoms with E-state index in [0.717, 1.165) is 18.7 Å². The zero-order chi connectivity index (χ0) is 13.5. The Labute approximate surface area is 109 Å². The van der Waals surface area contributed by atoms with E-state index in [1.165, 1.54) is 12.1 Å². The van der Waals surface area contributed by atoms with Crippen LogP contribution < -0.4 is 10.2 Å². The van der Waals surface area contributed by atoms with E-state index in [1.807, 2.05) is 7.05 Å². The van der Waals surface area contributed by atoms with Crippen molar-refractivity contribution in [3.8, 4) is 0 Å². The van der Waals surface area contributed by atoms with Crippen LogP contribution in [0.15, 0.2) is 24.3 Å². The molecule has 102 valence electrons. The molecule has 0 fully saturated rings. The summed E-state index contributed by atoms with van der Waals surface area (Å²) in [4.78, 5) is 2.06. The van der Waals surface area contributed by atoms with Gasteiger partial charge in [0.05, 0.1) is 6.61 Å². The van der Waals surface area contributed by atoms with Gasteiger partial charge in [-0.05, 0) is 30.7 Å². The number of hydrogen-bond acceptors (Lipinski definition) is 3. The van der Waals surface area contributed by atoms with Crippen LogP contribution in [0.5, 0.6) is 0 Å². The van der Waals surface area contributed by atoms with Gasteiger partial charge in [-0.25, -0.2) is 4.39 Å². The Kier molecular flexibility index (Phi) is 6.09. The quantitative estimate of drug-likeness (QED) is 0.781. The maximum absolute atomic E-state index is 12.8. The molecule has 4 heteroatoms. The molecule has 2 N–H and O–H groups in total. The molecule has 0 heterocycles. The maximum atomic E-state index is 12.8. The van der Waals surface area contributed by atoms with E-state index in [0.29, 0.717) is 6.04 Å². The predicted octanol–water partition coefficient (Wildman–Crippen LogP) is 2.01. The second kappa shape index (κ2) is 7.34. The highest BCUT2D eigenvalue weighted by atomic mass is 19.1. The molecule has 3 nitrogen and oxygen atoms in total. The Bertz CT molecular complexity index is 340. The zero-order valence-corrected chi connectivity index (χ0v) is 11.4. The average Bonchev–Trinajstić information content (AvgIpc) is 2.34. The smallest absolute Gasteiger partial charge is 0.123 e. The molecule has 0 saturated carbocycles. The summed E-state index contributed by atoms with van der Waals surface area (Å²) in [5, 5.41) is 12.6. The van der Waals surface area contributed by atoms with E-state index in [-0.39, 0.29) is 18.5 Å². The minimum Gasteiger partial charge on any atom is -0.395 e. The van der Waals surface area contributed by atoms with Crippen LogP contribution in [0.1, 0.15) is 20.3 Å². The summed E-state index contributed by atoms with van der Waals surface area (Å²) in [6, 6.07) is 6.91. The fourth-order valence-corrected chi connectivity index (χ4v) is 1.87. The molecule has 0 bridgehead atoms. The first-order chi connectivity index (χ1) is 8.52. The highest BCUT2D eigenvalue weighted by molar-refractivity contribution is 5.45. The lowest BCUT2D eigenvalue weighted by atomic mass is 10.2. The first kappa shape index (κ1) is 14.9. The van der Waals surface area contributed by atoms with Crippen molar-refractivity contribution in [3.05, 3.63) is 30.1 Å². The Hall–Kier alpha value is -1.13. The second-order valence-electron chi connectivity index (χ2n) is 4.89. The summed E-state index contributed by atoms with van der Waals surface area (Å²) >= 11 is 0. The van der Waals surface area contributed by atoms with Gasteiger partial charge in [-0.1, -0.05) is 13.8 Å². The molecule has 0 saturated heterocycles. The van der Waals surface area contributed by atoms with E-state index >= 15 is 0 Å². The van der Waals surface area contributed by atoms with Gasteiger partial charge >= 0.3 is 0 Å². The molecule has 1 unspecified atom stereocenters. The highest BCUT2D eigenvalue weighted by Crippen LogP contribution is 2.13. The molecule has 0 aliphatic carbocycles. The molecule has 1 rings (SSSR count). The number of anilines is 1. The Morgan fingerprint density at radius 3 is 2.39 bits per heavy atom. The minimum absolute atomic E-state index is 0.105. The maximum Gasteiger partial charge on any atom is 0.123 e. The van der Waals surface area contributed by atoms with Crippen LogP contribution in [0, 0.1) is 5.82 Å². The fourth-order valence-electron chi connectivity index (χ4n) is 1.87. The van der Waals surface area contributed by atoms with Crippen molar-refractivity contribution in [1.82, 2.24) is 5.32 Å². The van der Waals surface area contributed by atoms with Crippen molar-refractivity contribution in [1.29, 1.82) is 0 Å². The monoisotopic (exact) mass is 254 g/mol. The number of aliphatic hydroxyl groups excluding tert-OH is 1. The first-order valence-electron chi connectivity index (χ1n) is 6.36. The SMILES string of the molecule is CC(C)NC(CO)CCN(C)c1ccc(F)cc1. The lowest BCUT2D eigenvalue weighted by Crippen LogP contribution is -2.39. The van der Waals surface area contributed by atoms with Crippen molar-refractivity contribution in [3.63, 3.8) is 0 Å². The number of nitrogens with one attached hydrogen (secondary N) is 1. The van der Waals surface area contributed by atoms with Gasteiger partial charge in [0.2, 0.25) is 0 Å². The summed E-state index contributed by atoms with van der Waals surface area (Å²) < 4.78 is 12.8. The van der Waals surface area contributed by atoms with Crippen LogP contribution in [0.4, 0.5) is 10.1 Å². The molecule has 0 aromatic heterocycles. The van der Waals surface area contributed by atoms with Crippen molar-refractivity contribution in [2.24, 2.45) is 0 Å². The van der Waals surface area contributed by atoms with Crippen LogP contribution in [-0.4, -0.2) is 37.4 Å². The van der Waals surface area contributed by atoms with Crippen LogP contribution in [0.3, 0.4) is 0 Å². The molecule has 0 aliphatic rings. The molecule has 1 aromatic carbocycles. The molecule has 0 spiro atoms. The molecule has 1 atom stereocenters. The third-order valence-corrected chi connectivity index (χ3v) is 2.87. The highest BCUT2D eigenvalue weighted by Gasteiger charge is 2.10. The van der Waals surface area contributed by atoms with E-state index in [9.17, 15) is 9.50 Å². The van der Waals surface area contributed by atoms with E-state index in [1.54, 1.807) is 12.1 Å². The van der Waals surface area contributed by atoms with Gasteiger partial charge in [0.25, 0.3) is 0 Å². The van der Waals surface area contributed by atoms with Crippen molar-refractivity contribution >= 4 is 5.69 Å². The van der Waals surface area contributed by atoms with Crippen molar-refractivity contribution in [2.45, 2.75) is 32.4 Å². The summed E-state index contributed by atoms with van der Waals surface area (Å²) in [5.74, 6) is -0.221. The Morgan fingerprint density at radius 1 is 1.28 bits per heavy atom.